The Labute approximate surface area is 74.5 Å². The van der Waals surface area contributed by atoms with Gasteiger partial charge in [0.25, 0.3) is 0 Å². The number of aryl methyl sites for hydroxylation is 2. The summed E-state index contributed by atoms with van der Waals surface area (Å²) in [6, 6.07) is 2.22. The maximum absolute atomic E-state index is 2.23. The predicted molar refractivity (Wildman–Crippen MR) is 53.8 cm³/mol. The highest BCUT2D eigenvalue weighted by molar-refractivity contribution is 7.27. The fourth-order valence-corrected chi connectivity index (χ4v) is 3.62. The van der Waals surface area contributed by atoms with Gasteiger partial charge in [-0.3, -0.25) is 0 Å². The van der Waals surface area contributed by atoms with Gasteiger partial charge in [-0.05, 0) is 30.4 Å². The molecule has 0 spiro atoms. The number of hydrogen-bond donors (Lipinski definition) is 0. The molecule has 0 aromatic carbocycles. The third-order valence-electron chi connectivity index (χ3n) is 1.94. The van der Waals surface area contributed by atoms with Gasteiger partial charge in [0.2, 0.25) is 0 Å². The molecular formula is C9H10S2. The van der Waals surface area contributed by atoms with Gasteiger partial charge in [0.1, 0.15) is 0 Å². The van der Waals surface area contributed by atoms with Crippen LogP contribution in [0.5, 0.6) is 0 Å². The van der Waals surface area contributed by atoms with Crippen molar-refractivity contribution in [3.05, 3.63) is 21.9 Å². The van der Waals surface area contributed by atoms with E-state index in [2.05, 4.69) is 25.3 Å². The Morgan fingerprint density at radius 3 is 2.91 bits per heavy atom. The molecule has 58 valence electrons. The molecule has 0 unspecified atom stereocenters. The number of rotatable bonds is 1. The zero-order valence-electron chi connectivity index (χ0n) is 6.68. The van der Waals surface area contributed by atoms with Crippen molar-refractivity contribution in [2.75, 3.05) is 0 Å². The Morgan fingerprint density at radius 1 is 1.45 bits per heavy atom. The number of thiophene rings is 2. The van der Waals surface area contributed by atoms with Crippen LogP contribution in [-0.4, -0.2) is 0 Å². The molecule has 2 heteroatoms. The van der Waals surface area contributed by atoms with Crippen molar-refractivity contribution >= 4 is 32.1 Å². The molecule has 2 rings (SSSR count). The zero-order valence-corrected chi connectivity index (χ0v) is 8.31. The van der Waals surface area contributed by atoms with Crippen molar-refractivity contribution in [2.45, 2.75) is 20.3 Å². The first kappa shape index (κ1) is 7.32. The molecule has 2 aromatic heterocycles. The Bertz CT molecular complexity index is 368. The Kier molecular flexibility index (Phi) is 1.74. The number of hydrogen-bond acceptors (Lipinski definition) is 2. The summed E-state index contributed by atoms with van der Waals surface area (Å²) < 4.78 is 2.95. The highest BCUT2D eigenvalue weighted by atomic mass is 32.1. The summed E-state index contributed by atoms with van der Waals surface area (Å²) in [5, 5.41) is 2.17. The summed E-state index contributed by atoms with van der Waals surface area (Å²) in [7, 11) is 0. The minimum absolute atomic E-state index is 1.18. The van der Waals surface area contributed by atoms with Crippen molar-refractivity contribution in [3.8, 4) is 0 Å². The maximum Gasteiger partial charge on any atom is 0.0482 e. The van der Waals surface area contributed by atoms with Crippen LogP contribution in [0.3, 0.4) is 0 Å². The van der Waals surface area contributed by atoms with E-state index < -0.39 is 0 Å². The summed E-state index contributed by atoms with van der Waals surface area (Å²) in [6.45, 7) is 4.45. The summed E-state index contributed by atoms with van der Waals surface area (Å²) in [4.78, 5) is 1.55. The molecule has 0 bridgehead atoms. The van der Waals surface area contributed by atoms with Crippen LogP contribution in [-0.2, 0) is 6.42 Å². The maximum atomic E-state index is 2.23. The van der Waals surface area contributed by atoms with E-state index in [9.17, 15) is 0 Å². The summed E-state index contributed by atoms with van der Waals surface area (Å²) in [5.74, 6) is 0. The summed E-state index contributed by atoms with van der Waals surface area (Å²) in [5.41, 5.74) is 1.50. The van der Waals surface area contributed by atoms with Crippen LogP contribution in [0.1, 0.15) is 17.4 Å². The largest absolute Gasteiger partial charge is 0.143 e. The molecular weight excluding hydrogens is 172 g/mol. The van der Waals surface area contributed by atoms with Gasteiger partial charge in [0.15, 0.2) is 0 Å². The van der Waals surface area contributed by atoms with Crippen molar-refractivity contribution in [2.24, 2.45) is 0 Å². The third-order valence-corrected chi connectivity index (χ3v) is 4.51. The van der Waals surface area contributed by atoms with E-state index in [4.69, 9.17) is 0 Å². The van der Waals surface area contributed by atoms with Crippen LogP contribution in [0.4, 0.5) is 0 Å². The molecule has 2 heterocycles. The van der Waals surface area contributed by atoms with Crippen LogP contribution in [0, 0.1) is 6.92 Å². The lowest BCUT2D eigenvalue weighted by Crippen LogP contribution is -1.73. The van der Waals surface area contributed by atoms with E-state index in [0.29, 0.717) is 0 Å². The fourth-order valence-electron chi connectivity index (χ4n) is 1.32. The summed E-state index contributed by atoms with van der Waals surface area (Å²) in [6.07, 6.45) is 1.18. The lowest BCUT2D eigenvalue weighted by molar-refractivity contribution is 1.16. The molecule has 2 aromatic rings. The van der Waals surface area contributed by atoms with Crippen LogP contribution in [0.15, 0.2) is 11.4 Å². The van der Waals surface area contributed by atoms with Gasteiger partial charge in [-0.2, -0.15) is 0 Å². The van der Waals surface area contributed by atoms with Crippen LogP contribution in [0.25, 0.3) is 9.40 Å². The predicted octanol–water partition coefficient (Wildman–Crippen LogP) is 3.83. The molecule has 0 amide bonds. The first-order chi connectivity index (χ1) is 5.33. The van der Waals surface area contributed by atoms with E-state index in [0.717, 1.165) is 0 Å². The van der Waals surface area contributed by atoms with Gasteiger partial charge in [-0.15, -0.1) is 22.7 Å². The molecule has 0 aliphatic rings. The quantitative estimate of drug-likeness (QED) is 0.628. The molecule has 0 aliphatic carbocycles. The first-order valence-electron chi connectivity index (χ1n) is 3.78. The van der Waals surface area contributed by atoms with Crippen LogP contribution in [0.2, 0.25) is 0 Å². The van der Waals surface area contributed by atoms with Gasteiger partial charge in [0.05, 0.1) is 0 Å². The average Bonchev–Trinajstić information content (AvgIpc) is 2.53. The van der Waals surface area contributed by atoms with Gasteiger partial charge in [-0.1, -0.05) is 6.92 Å². The topological polar surface area (TPSA) is 0 Å². The molecule has 0 nitrogen and oxygen atoms in total. The van der Waals surface area contributed by atoms with Crippen molar-refractivity contribution < 1.29 is 0 Å². The molecule has 0 atom stereocenters. The minimum Gasteiger partial charge on any atom is -0.143 e. The second kappa shape index (κ2) is 2.61. The third kappa shape index (κ3) is 1.01. The van der Waals surface area contributed by atoms with Crippen molar-refractivity contribution in [1.82, 2.24) is 0 Å². The fraction of sp³-hybridized carbons (Fsp3) is 0.333. The van der Waals surface area contributed by atoms with Gasteiger partial charge < -0.3 is 0 Å². The van der Waals surface area contributed by atoms with E-state index >= 15 is 0 Å². The van der Waals surface area contributed by atoms with Gasteiger partial charge >= 0.3 is 0 Å². The lowest BCUT2D eigenvalue weighted by Gasteiger charge is -1.89. The zero-order chi connectivity index (χ0) is 7.84. The molecule has 11 heavy (non-hydrogen) atoms. The molecule has 0 N–H and O–H groups in total. The van der Waals surface area contributed by atoms with Crippen molar-refractivity contribution in [1.29, 1.82) is 0 Å². The Morgan fingerprint density at radius 2 is 2.27 bits per heavy atom. The van der Waals surface area contributed by atoms with Crippen LogP contribution < -0.4 is 0 Å². The van der Waals surface area contributed by atoms with E-state index in [1.807, 2.05) is 22.7 Å². The van der Waals surface area contributed by atoms with E-state index in [-0.39, 0.29) is 0 Å². The highest BCUT2D eigenvalue weighted by Gasteiger charge is 2.06. The van der Waals surface area contributed by atoms with E-state index in [1.165, 1.54) is 21.4 Å². The molecule has 0 saturated heterocycles. The molecule has 0 aliphatic heterocycles. The second-order valence-electron chi connectivity index (χ2n) is 2.62. The summed E-state index contributed by atoms with van der Waals surface area (Å²) >= 11 is 3.80. The smallest absolute Gasteiger partial charge is 0.0482 e. The molecule has 0 radical (unpaired) electrons. The standard InChI is InChI=1S/C9H10S2/c1-3-7-6(2)9-8(11-7)4-5-10-9/h4-5H,3H2,1-2H3. The first-order valence-corrected chi connectivity index (χ1v) is 5.48. The normalized spacial score (nSPS) is 11.1. The van der Waals surface area contributed by atoms with Gasteiger partial charge in [-0.25, -0.2) is 0 Å². The highest BCUT2D eigenvalue weighted by Crippen LogP contribution is 2.34. The lowest BCUT2D eigenvalue weighted by atomic mass is 10.2. The van der Waals surface area contributed by atoms with E-state index in [1.54, 1.807) is 4.88 Å². The van der Waals surface area contributed by atoms with Crippen LogP contribution >= 0.6 is 22.7 Å². The minimum atomic E-state index is 1.18. The van der Waals surface area contributed by atoms with Gasteiger partial charge in [0, 0.05) is 14.3 Å². The second-order valence-corrected chi connectivity index (χ2v) is 4.67. The number of fused-ring (bicyclic) bond motifs is 1. The Balaban J connectivity index is 2.76. The molecule has 0 fully saturated rings. The SMILES string of the molecule is CCc1sc2ccsc2c1C. The average molecular weight is 182 g/mol. The van der Waals surface area contributed by atoms with Crippen molar-refractivity contribution in [3.63, 3.8) is 0 Å². The molecule has 0 saturated carbocycles. The Hall–Kier alpha value is -0.340. The monoisotopic (exact) mass is 182 g/mol.